The van der Waals surface area contributed by atoms with Crippen molar-refractivity contribution in [1.82, 2.24) is 4.98 Å². The maximum absolute atomic E-state index is 10.8. The molecule has 2 N–H and O–H groups in total. The third-order valence-corrected chi connectivity index (χ3v) is 1.59. The Bertz CT molecular complexity index is 395. The van der Waals surface area contributed by atoms with Gasteiger partial charge < -0.3 is 10.1 Å². The number of aliphatic hydroxyl groups excluding tert-OH is 1. The lowest BCUT2D eigenvalue weighted by Crippen LogP contribution is -2.04. The van der Waals surface area contributed by atoms with Crippen LogP contribution in [-0.2, 0) is 0 Å². The summed E-state index contributed by atoms with van der Waals surface area (Å²) in [6.45, 7) is 1.90. The summed E-state index contributed by atoms with van der Waals surface area (Å²) in [7, 11) is 0. The topological polar surface area (TPSA) is 53.1 Å². The van der Waals surface area contributed by atoms with Crippen LogP contribution in [0.4, 0.5) is 0 Å². The first-order valence-corrected chi connectivity index (χ1v) is 4.03. The molecule has 3 nitrogen and oxygen atoms in total. The molecule has 0 aromatic carbocycles. The second-order valence-corrected chi connectivity index (χ2v) is 2.67. The molecule has 0 aliphatic carbocycles. The molecule has 0 bridgehead atoms. The summed E-state index contributed by atoms with van der Waals surface area (Å²) in [5, 5.41) is 8.50. The fourth-order valence-corrected chi connectivity index (χ4v) is 0.921. The average Bonchev–Trinajstić information content (AvgIpc) is 2.09. The van der Waals surface area contributed by atoms with E-state index in [4.69, 9.17) is 5.11 Å². The van der Waals surface area contributed by atoms with Crippen LogP contribution in [0.5, 0.6) is 0 Å². The van der Waals surface area contributed by atoms with Crippen molar-refractivity contribution in [1.29, 1.82) is 0 Å². The van der Waals surface area contributed by atoms with Gasteiger partial charge in [-0.25, -0.2) is 0 Å². The van der Waals surface area contributed by atoms with Gasteiger partial charge in [0.15, 0.2) is 0 Å². The van der Waals surface area contributed by atoms with Gasteiger partial charge in [0, 0.05) is 24.2 Å². The van der Waals surface area contributed by atoms with E-state index < -0.39 is 0 Å². The number of nitrogens with one attached hydrogen (secondary N) is 1. The van der Waals surface area contributed by atoms with Gasteiger partial charge in [0.2, 0.25) is 5.56 Å². The molecule has 0 atom stereocenters. The van der Waals surface area contributed by atoms with E-state index in [1.165, 1.54) is 6.07 Å². The highest BCUT2D eigenvalue weighted by Crippen LogP contribution is 1.99. The first-order valence-electron chi connectivity index (χ1n) is 4.03. The SMILES string of the molecule is Cc1cc(=O)[nH]cc1C#CCCO. The predicted octanol–water partition coefficient (Wildman–Crippen LogP) is 0.417. The Hall–Kier alpha value is -1.53. The molecule has 0 unspecified atom stereocenters. The molecular weight excluding hydrogens is 166 g/mol. The van der Waals surface area contributed by atoms with E-state index >= 15 is 0 Å². The number of rotatable bonds is 1. The highest BCUT2D eigenvalue weighted by atomic mass is 16.2. The van der Waals surface area contributed by atoms with Gasteiger partial charge in [0.05, 0.1) is 6.61 Å². The minimum atomic E-state index is -0.120. The quantitative estimate of drug-likeness (QED) is 0.611. The van der Waals surface area contributed by atoms with Gasteiger partial charge in [-0.3, -0.25) is 4.79 Å². The van der Waals surface area contributed by atoms with Crippen LogP contribution in [0.1, 0.15) is 17.5 Å². The minimum absolute atomic E-state index is 0.0649. The van der Waals surface area contributed by atoms with Crippen molar-refractivity contribution < 1.29 is 5.11 Å². The van der Waals surface area contributed by atoms with E-state index in [9.17, 15) is 4.79 Å². The summed E-state index contributed by atoms with van der Waals surface area (Å²) >= 11 is 0. The Morgan fingerprint density at radius 1 is 1.62 bits per heavy atom. The number of aromatic nitrogens is 1. The number of aliphatic hydroxyl groups is 1. The lowest BCUT2D eigenvalue weighted by atomic mass is 10.1. The van der Waals surface area contributed by atoms with Crippen LogP contribution in [0.15, 0.2) is 17.1 Å². The van der Waals surface area contributed by atoms with Crippen molar-refractivity contribution in [3.8, 4) is 11.8 Å². The van der Waals surface area contributed by atoms with Crippen LogP contribution in [0.25, 0.3) is 0 Å². The monoisotopic (exact) mass is 177 g/mol. The Kier molecular flexibility index (Phi) is 3.30. The lowest BCUT2D eigenvalue weighted by Gasteiger charge is -1.94. The maximum atomic E-state index is 10.8. The molecule has 0 spiro atoms. The Morgan fingerprint density at radius 3 is 3.00 bits per heavy atom. The fraction of sp³-hybridized carbons (Fsp3) is 0.300. The van der Waals surface area contributed by atoms with Gasteiger partial charge >= 0.3 is 0 Å². The molecule has 0 amide bonds. The molecular formula is C10H11NO2. The van der Waals surface area contributed by atoms with Crippen molar-refractivity contribution in [2.45, 2.75) is 13.3 Å². The van der Waals surface area contributed by atoms with Crippen molar-refractivity contribution in [3.05, 3.63) is 33.7 Å². The zero-order chi connectivity index (χ0) is 9.68. The fourth-order valence-electron chi connectivity index (χ4n) is 0.921. The van der Waals surface area contributed by atoms with Gasteiger partial charge in [-0.05, 0) is 12.5 Å². The smallest absolute Gasteiger partial charge is 0.248 e. The molecule has 0 aliphatic rings. The predicted molar refractivity (Wildman–Crippen MR) is 50.4 cm³/mol. The molecule has 0 fully saturated rings. The molecule has 3 heteroatoms. The second kappa shape index (κ2) is 4.48. The maximum Gasteiger partial charge on any atom is 0.248 e. The number of hydrogen-bond acceptors (Lipinski definition) is 2. The summed E-state index contributed by atoms with van der Waals surface area (Å²) in [4.78, 5) is 13.4. The lowest BCUT2D eigenvalue weighted by molar-refractivity contribution is 0.305. The molecule has 0 aliphatic heterocycles. The summed E-state index contributed by atoms with van der Waals surface area (Å²) in [5.74, 6) is 5.65. The zero-order valence-electron chi connectivity index (χ0n) is 7.42. The average molecular weight is 177 g/mol. The molecule has 68 valence electrons. The highest BCUT2D eigenvalue weighted by molar-refractivity contribution is 5.37. The number of aryl methyl sites for hydroxylation is 1. The molecule has 1 rings (SSSR count). The van der Waals surface area contributed by atoms with E-state index in [0.717, 1.165) is 11.1 Å². The summed E-state index contributed by atoms with van der Waals surface area (Å²) in [6, 6.07) is 1.50. The summed E-state index contributed by atoms with van der Waals surface area (Å²) < 4.78 is 0. The van der Waals surface area contributed by atoms with Crippen LogP contribution in [-0.4, -0.2) is 16.7 Å². The first kappa shape index (κ1) is 9.56. The van der Waals surface area contributed by atoms with Gasteiger partial charge in [-0.2, -0.15) is 0 Å². The first-order chi connectivity index (χ1) is 6.24. The minimum Gasteiger partial charge on any atom is -0.395 e. The van der Waals surface area contributed by atoms with Gasteiger partial charge in [0.1, 0.15) is 0 Å². The van der Waals surface area contributed by atoms with Crippen molar-refractivity contribution in [2.24, 2.45) is 0 Å². The van der Waals surface area contributed by atoms with Crippen molar-refractivity contribution >= 4 is 0 Å². The molecule has 0 saturated heterocycles. The van der Waals surface area contributed by atoms with Gasteiger partial charge in [0.25, 0.3) is 0 Å². The highest BCUT2D eigenvalue weighted by Gasteiger charge is 1.93. The van der Waals surface area contributed by atoms with E-state index in [0.29, 0.717) is 6.42 Å². The van der Waals surface area contributed by atoms with Crippen LogP contribution >= 0.6 is 0 Å². The van der Waals surface area contributed by atoms with Crippen molar-refractivity contribution in [2.75, 3.05) is 6.61 Å². The third kappa shape index (κ3) is 2.77. The summed E-state index contributed by atoms with van der Waals surface area (Å²) in [6.07, 6.45) is 2.04. The Balaban J connectivity index is 2.92. The molecule has 1 aromatic heterocycles. The van der Waals surface area contributed by atoms with Gasteiger partial charge in [-0.15, -0.1) is 0 Å². The molecule has 0 radical (unpaired) electrons. The molecule has 13 heavy (non-hydrogen) atoms. The van der Waals surface area contributed by atoms with Crippen LogP contribution in [0, 0.1) is 18.8 Å². The second-order valence-electron chi connectivity index (χ2n) is 2.67. The van der Waals surface area contributed by atoms with Crippen LogP contribution in [0.3, 0.4) is 0 Å². The van der Waals surface area contributed by atoms with Crippen molar-refractivity contribution in [3.63, 3.8) is 0 Å². The number of hydrogen-bond donors (Lipinski definition) is 2. The summed E-state index contributed by atoms with van der Waals surface area (Å²) in [5.41, 5.74) is 1.53. The largest absolute Gasteiger partial charge is 0.395 e. The van der Waals surface area contributed by atoms with E-state index in [1.54, 1.807) is 6.20 Å². The van der Waals surface area contributed by atoms with Gasteiger partial charge in [-0.1, -0.05) is 11.8 Å². The van der Waals surface area contributed by atoms with Crippen LogP contribution < -0.4 is 5.56 Å². The Labute approximate surface area is 76.4 Å². The number of H-pyrrole nitrogens is 1. The molecule has 1 aromatic rings. The Morgan fingerprint density at radius 2 is 2.38 bits per heavy atom. The van der Waals surface area contributed by atoms with Crippen LogP contribution in [0.2, 0.25) is 0 Å². The number of pyridine rings is 1. The third-order valence-electron chi connectivity index (χ3n) is 1.59. The molecule has 0 saturated carbocycles. The molecule has 1 heterocycles. The normalized spacial score (nSPS) is 9.08. The van der Waals surface area contributed by atoms with E-state index in [-0.39, 0.29) is 12.2 Å². The van der Waals surface area contributed by atoms with E-state index in [2.05, 4.69) is 16.8 Å². The standard InChI is InChI=1S/C10H11NO2/c1-8-6-10(13)11-7-9(8)4-2-3-5-12/h6-7,12H,3,5H2,1H3,(H,11,13). The van der Waals surface area contributed by atoms with E-state index in [1.807, 2.05) is 6.92 Å². The number of aromatic amines is 1. The zero-order valence-corrected chi connectivity index (χ0v) is 7.42.